The molecule has 0 unspecified atom stereocenters. The minimum absolute atomic E-state index is 0.0406. The molecule has 0 heterocycles. The fourth-order valence-corrected chi connectivity index (χ4v) is 3.12. The number of ether oxygens (including phenoxy) is 1. The Morgan fingerprint density at radius 2 is 1.67 bits per heavy atom. The van der Waals surface area contributed by atoms with E-state index >= 15 is 0 Å². The van der Waals surface area contributed by atoms with Crippen molar-refractivity contribution in [3.05, 3.63) is 48.0 Å². The van der Waals surface area contributed by atoms with Crippen molar-refractivity contribution < 1.29 is 23.1 Å². The van der Waals surface area contributed by atoms with E-state index in [9.17, 15) is 18.3 Å². The summed E-state index contributed by atoms with van der Waals surface area (Å²) in [5.41, 5.74) is 1.53. The number of carbonyl (C=O) groups is 1. The van der Waals surface area contributed by atoms with Crippen molar-refractivity contribution in [3.63, 3.8) is 0 Å². The highest BCUT2D eigenvalue weighted by Crippen LogP contribution is 2.28. The first-order chi connectivity index (χ1) is 11.4. The van der Waals surface area contributed by atoms with Crippen LogP contribution in [0, 0.1) is 0 Å². The summed E-state index contributed by atoms with van der Waals surface area (Å²) in [6.45, 7) is 3.99. The minimum Gasteiger partial charge on any atom is -0.493 e. The second kappa shape index (κ2) is 7.49. The summed E-state index contributed by atoms with van der Waals surface area (Å²) in [5.74, 6) is -0.690. The van der Waals surface area contributed by atoms with Gasteiger partial charge >= 0.3 is 5.97 Å². The predicted octanol–water partition coefficient (Wildman–Crippen LogP) is 3.63. The van der Waals surface area contributed by atoms with Gasteiger partial charge in [0.2, 0.25) is 0 Å². The van der Waals surface area contributed by atoms with Gasteiger partial charge in [0, 0.05) is 0 Å². The summed E-state index contributed by atoms with van der Waals surface area (Å²) >= 11 is 0. The number of aromatic carboxylic acids is 1. The van der Waals surface area contributed by atoms with Crippen molar-refractivity contribution in [2.24, 2.45) is 0 Å². The molecule has 0 spiro atoms. The zero-order valence-corrected chi connectivity index (χ0v) is 14.5. The van der Waals surface area contributed by atoms with E-state index in [1.54, 1.807) is 31.2 Å². The Morgan fingerprint density at radius 3 is 2.21 bits per heavy atom. The Bertz CT molecular complexity index is 823. The van der Waals surface area contributed by atoms with Crippen LogP contribution in [0.2, 0.25) is 0 Å². The highest BCUT2D eigenvalue weighted by molar-refractivity contribution is 7.91. The molecule has 2 aromatic rings. The number of hydrogen-bond acceptors (Lipinski definition) is 4. The third-order valence-corrected chi connectivity index (χ3v) is 5.35. The largest absolute Gasteiger partial charge is 0.493 e. The van der Waals surface area contributed by atoms with Crippen LogP contribution in [0.1, 0.15) is 30.6 Å². The number of benzene rings is 2. The molecule has 2 rings (SSSR count). The summed E-state index contributed by atoms with van der Waals surface area (Å²) in [4.78, 5) is 11.7. The summed E-state index contributed by atoms with van der Waals surface area (Å²) in [6, 6.07) is 11.4. The summed E-state index contributed by atoms with van der Waals surface area (Å²) < 4.78 is 29.1. The van der Waals surface area contributed by atoms with Crippen molar-refractivity contribution in [3.8, 4) is 16.9 Å². The van der Waals surface area contributed by atoms with Crippen LogP contribution in [-0.4, -0.2) is 31.9 Å². The van der Waals surface area contributed by atoms with Crippen molar-refractivity contribution in [2.45, 2.75) is 25.2 Å². The highest BCUT2D eigenvalue weighted by atomic mass is 32.2. The minimum atomic E-state index is -3.25. The maximum atomic E-state index is 11.8. The van der Waals surface area contributed by atoms with Crippen LogP contribution in [0.4, 0.5) is 0 Å². The van der Waals surface area contributed by atoms with Crippen LogP contribution in [-0.2, 0) is 9.84 Å². The van der Waals surface area contributed by atoms with Gasteiger partial charge in [0.1, 0.15) is 11.3 Å². The quantitative estimate of drug-likeness (QED) is 0.826. The smallest absolute Gasteiger partial charge is 0.339 e. The normalized spacial score (nSPS) is 11.2. The maximum Gasteiger partial charge on any atom is 0.339 e. The van der Waals surface area contributed by atoms with Gasteiger partial charge in [0.05, 0.1) is 17.3 Å². The Hall–Kier alpha value is -2.34. The first kappa shape index (κ1) is 18.0. The van der Waals surface area contributed by atoms with Crippen LogP contribution >= 0.6 is 0 Å². The van der Waals surface area contributed by atoms with Gasteiger partial charge in [-0.1, -0.05) is 32.0 Å². The standard InChI is InChI=1S/C18H20O5S/c1-3-11-23-17-10-7-14(12-16(17)18(19)20)13-5-8-15(9-6-13)24(21,22)4-2/h5-10,12H,3-4,11H2,1-2H3,(H,19,20). The molecule has 0 amide bonds. The first-order valence-electron chi connectivity index (χ1n) is 7.72. The SMILES string of the molecule is CCCOc1ccc(-c2ccc(S(=O)(=O)CC)cc2)cc1C(=O)O. The van der Waals surface area contributed by atoms with Gasteiger partial charge in [-0.15, -0.1) is 0 Å². The molecular formula is C18H20O5S. The zero-order chi connectivity index (χ0) is 17.7. The fourth-order valence-electron chi connectivity index (χ4n) is 2.24. The highest BCUT2D eigenvalue weighted by Gasteiger charge is 2.14. The molecule has 0 atom stereocenters. The lowest BCUT2D eigenvalue weighted by atomic mass is 10.0. The number of carboxylic acid groups (broad SMARTS) is 1. The monoisotopic (exact) mass is 348 g/mol. The fraction of sp³-hybridized carbons (Fsp3) is 0.278. The number of sulfone groups is 1. The molecular weight excluding hydrogens is 328 g/mol. The molecule has 0 aromatic heterocycles. The Balaban J connectivity index is 2.38. The molecule has 0 bridgehead atoms. The molecule has 0 aliphatic rings. The van der Waals surface area contributed by atoms with Crippen LogP contribution < -0.4 is 4.74 Å². The number of hydrogen-bond donors (Lipinski definition) is 1. The molecule has 1 N–H and O–H groups in total. The van der Waals surface area contributed by atoms with Gasteiger partial charge in [-0.05, 0) is 41.8 Å². The molecule has 0 radical (unpaired) electrons. The van der Waals surface area contributed by atoms with Crippen molar-refractivity contribution in [1.29, 1.82) is 0 Å². The molecule has 2 aromatic carbocycles. The lowest BCUT2D eigenvalue weighted by Crippen LogP contribution is -2.04. The predicted molar refractivity (Wildman–Crippen MR) is 92.4 cm³/mol. The van der Waals surface area contributed by atoms with Gasteiger partial charge in [0.15, 0.2) is 9.84 Å². The average Bonchev–Trinajstić information content (AvgIpc) is 2.59. The summed E-state index contributed by atoms with van der Waals surface area (Å²) in [6.07, 6.45) is 0.786. The first-order valence-corrected chi connectivity index (χ1v) is 9.37. The molecule has 6 heteroatoms. The number of carboxylic acids is 1. The van der Waals surface area contributed by atoms with Gasteiger partial charge in [-0.25, -0.2) is 13.2 Å². The van der Waals surface area contributed by atoms with E-state index in [0.29, 0.717) is 17.9 Å². The topological polar surface area (TPSA) is 80.7 Å². The van der Waals surface area contributed by atoms with E-state index in [4.69, 9.17) is 4.74 Å². The molecule has 5 nitrogen and oxygen atoms in total. The van der Waals surface area contributed by atoms with Crippen LogP contribution in [0.3, 0.4) is 0 Å². The average molecular weight is 348 g/mol. The van der Waals surface area contributed by atoms with E-state index in [1.807, 2.05) is 6.92 Å². The van der Waals surface area contributed by atoms with Gasteiger partial charge in [0.25, 0.3) is 0 Å². The molecule has 0 saturated carbocycles. The van der Waals surface area contributed by atoms with Crippen LogP contribution in [0.5, 0.6) is 5.75 Å². The molecule has 0 aliphatic heterocycles. The van der Waals surface area contributed by atoms with E-state index in [0.717, 1.165) is 12.0 Å². The Kier molecular flexibility index (Phi) is 5.62. The van der Waals surface area contributed by atoms with E-state index in [-0.39, 0.29) is 16.2 Å². The van der Waals surface area contributed by atoms with E-state index in [2.05, 4.69) is 0 Å². The number of rotatable bonds is 7. The summed E-state index contributed by atoms with van der Waals surface area (Å²) in [7, 11) is -3.25. The Labute approximate surface area is 141 Å². The molecule has 0 saturated heterocycles. The molecule has 0 aliphatic carbocycles. The molecule has 24 heavy (non-hydrogen) atoms. The molecule has 128 valence electrons. The van der Waals surface area contributed by atoms with E-state index < -0.39 is 15.8 Å². The lowest BCUT2D eigenvalue weighted by Gasteiger charge is -2.11. The second-order valence-corrected chi connectivity index (χ2v) is 7.57. The van der Waals surface area contributed by atoms with Gasteiger partial charge < -0.3 is 9.84 Å². The van der Waals surface area contributed by atoms with Crippen molar-refractivity contribution in [1.82, 2.24) is 0 Å². The maximum absolute atomic E-state index is 11.8. The van der Waals surface area contributed by atoms with Crippen molar-refractivity contribution in [2.75, 3.05) is 12.4 Å². The lowest BCUT2D eigenvalue weighted by molar-refractivity contribution is 0.0692. The second-order valence-electron chi connectivity index (χ2n) is 5.29. The zero-order valence-electron chi connectivity index (χ0n) is 13.7. The van der Waals surface area contributed by atoms with Crippen molar-refractivity contribution >= 4 is 15.8 Å². The summed E-state index contributed by atoms with van der Waals surface area (Å²) in [5, 5.41) is 9.36. The van der Waals surface area contributed by atoms with Crippen LogP contribution in [0.15, 0.2) is 47.4 Å². The Morgan fingerprint density at radius 1 is 1.04 bits per heavy atom. The van der Waals surface area contributed by atoms with Gasteiger partial charge in [-0.2, -0.15) is 0 Å². The third kappa shape index (κ3) is 3.94. The van der Waals surface area contributed by atoms with Crippen LogP contribution in [0.25, 0.3) is 11.1 Å². The third-order valence-electron chi connectivity index (χ3n) is 3.60. The molecule has 0 fully saturated rings. The van der Waals surface area contributed by atoms with Gasteiger partial charge in [-0.3, -0.25) is 0 Å². The van der Waals surface area contributed by atoms with E-state index in [1.165, 1.54) is 18.2 Å².